The van der Waals surface area contributed by atoms with Gasteiger partial charge in [0.15, 0.2) is 5.82 Å². The maximum atomic E-state index is 12.3. The largest absolute Gasteiger partial charge is 0.354 e. The highest BCUT2D eigenvalue weighted by atomic mass is 16.2. The number of benzene rings is 1. The number of tetrazole rings is 1. The number of hydrogen-bond donors (Lipinski definition) is 1. The number of carbonyl (C=O) groups is 3. The van der Waals surface area contributed by atoms with E-state index in [1.807, 2.05) is 0 Å². The second-order valence-corrected chi connectivity index (χ2v) is 6.83. The summed E-state index contributed by atoms with van der Waals surface area (Å²) in [5.74, 6) is 0.0880. The van der Waals surface area contributed by atoms with Gasteiger partial charge in [-0.3, -0.25) is 19.3 Å². The van der Waals surface area contributed by atoms with Crippen molar-refractivity contribution in [3.8, 4) is 0 Å². The first-order valence-electron chi connectivity index (χ1n) is 8.94. The Labute approximate surface area is 156 Å². The van der Waals surface area contributed by atoms with Gasteiger partial charge in [-0.15, -0.1) is 10.2 Å². The monoisotopic (exact) mass is 370 g/mol. The molecule has 142 valence electrons. The number of rotatable bonds is 8. The maximum absolute atomic E-state index is 12.3. The Hall–Kier alpha value is -3.10. The van der Waals surface area contributed by atoms with Crippen LogP contribution in [-0.4, -0.2) is 55.9 Å². The molecule has 0 spiro atoms. The molecule has 0 fully saturated rings. The van der Waals surface area contributed by atoms with E-state index in [4.69, 9.17) is 0 Å². The highest BCUT2D eigenvalue weighted by Crippen LogP contribution is 2.22. The number of nitrogens with one attached hydrogen (secondary N) is 1. The molecule has 1 aromatic carbocycles. The average Bonchev–Trinajstić information content (AvgIpc) is 3.17. The molecule has 27 heavy (non-hydrogen) atoms. The molecule has 0 saturated heterocycles. The van der Waals surface area contributed by atoms with Crippen LogP contribution in [-0.2, 0) is 17.8 Å². The quantitative estimate of drug-likeness (QED) is 0.684. The molecule has 0 unspecified atom stereocenters. The normalized spacial score (nSPS) is 13.4. The van der Waals surface area contributed by atoms with Crippen LogP contribution in [0, 0.1) is 5.92 Å². The van der Waals surface area contributed by atoms with Crippen LogP contribution >= 0.6 is 0 Å². The van der Waals surface area contributed by atoms with Crippen LogP contribution in [0.2, 0.25) is 0 Å². The van der Waals surface area contributed by atoms with Crippen LogP contribution in [0.5, 0.6) is 0 Å². The molecule has 1 aliphatic heterocycles. The Bertz CT molecular complexity index is 825. The van der Waals surface area contributed by atoms with Gasteiger partial charge in [-0.1, -0.05) is 26.0 Å². The summed E-state index contributed by atoms with van der Waals surface area (Å²) in [5.41, 5.74) is 0.828. The number of fused-ring (bicyclic) bond motifs is 1. The first-order valence-corrected chi connectivity index (χ1v) is 8.94. The summed E-state index contributed by atoms with van der Waals surface area (Å²) < 4.78 is 0. The molecule has 9 heteroatoms. The van der Waals surface area contributed by atoms with Crippen LogP contribution < -0.4 is 5.32 Å². The molecule has 3 rings (SSSR count). The molecule has 0 saturated carbocycles. The van der Waals surface area contributed by atoms with Gasteiger partial charge >= 0.3 is 0 Å². The highest BCUT2D eigenvalue weighted by molar-refractivity contribution is 6.21. The third-order valence-corrected chi connectivity index (χ3v) is 4.26. The molecule has 3 amide bonds. The summed E-state index contributed by atoms with van der Waals surface area (Å²) in [4.78, 5) is 38.9. The third-order valence-electron chi connectivity index (χ3n) is 4.26. The van der Waals surface area contributed by atoms with Crippen molar-refractivity contribution in [1.82, 2.24) is 30.4 Å². The van der Waals surface area contributed by atoms with Crippen molar-refractivity contribution in [2.24, 2.45) is 5.92 Å². The highest BCUT2D eigenvalue weighted by Gasteiger charge is 2.34. The second kappa shape index (κ2) is 8.07. The molecule has 0 aliphatic carbocycles. The Morgan fingerprint density at radius 1 is 1.15 bits per heavy atom. The van der Waals surface area contributed by atoms with E-state index in [0.717, 1.165) is 6.42 Å². The number of hydrogen-bond acceptors (Lipinski definition) is 6. The molecule has 2 aromatic rings. The van der Waals surface area contributed by atoms with E-state index in [2.05, 4.69) is 34.6 Å². The molecule has 9 nitrogen and oxygen atoms in total. The molecule has 0 atom stereocenters. The molecule has 1 aromatic heterocycles. The van der Waals surface area contributed by atoms with Crippen molar-refractivity contribution >= 4 is 17.7 Å². The van der Waals surface area contributed by atoms with Crippen LogP contribution in [0.25, 0.3) is 0 Å². The zero-order valence-corrected chi connectivity index (χ0v) is 15.4. The first-order chi connectivity index (χ1) is 13.0. The van der Waals surface area contributed by atoms with Gasteiger partial charge in [-0.25, -0.2) is 0 Å². The summed E-state index contributed by atoms with van der Waals surface area (Å²) in [6.45, 7) is 4.94. The van der Waals surface area contributed by atoms with Gasteiger partial charge in [0.05, 0.1) is 11.1 Å². The van der Waals surface area contributed by atoms with Gasteiger partial charge in [0.1, 0.15) is 6.54 Å². The Morgan fingerprint density at radius 2 is 1.81 bits per heavy atom. The minimum absolute atomic E-state index is 0.0158. The summed E-state index contributed by atoms with van der Waals surface area (Å²) in [7, 11) is 0. The fourth-order valence-electron chi connectivity index (χ4n) is 2.78. The Balaban J connectivity index is 1.51. The van der Waals surface area contributed by atoms with Gasteiger partial charge in [0.2, 0.25) is 5.91 Å². The smallest absolute Gasteiger partial charge is 0.261 e. The van der Waals surface area contributed by atoms with E-state index in [-0.39, 0.29) is 37.2 Å². The standard InChI is InChI=1S/C18H22N6O3/c1-12(2)7-9-19-16(25)11-24-21-15(20-22-24)8-10-23-17(26)13-5-3-4-6-14(13)18(23)27/h3-6,12H,7-11H2,1-2H3,(H,19,25). The molecule has 0 radical (unpaired) electrons. The number of aromatic nitrogens is 4. The minimum atomic E-state index is -0.312. The predicted octanol–water partition coefficient (Wildman–Crippen LogP) is 0.674. The zero-order chi connectivity index (χ0) is 19.4. The van der Waals surface area contributed by atoms with E-state index in [1.54, 1.807) is 24.3 Å². The lowest BCUT2D eigenvalue weighted by Crippen LogP contribution is -2.32. The van der Waals surface area contributed by atoms with Crippen molar-refractivity contribution in [1.29, 1.82) is 0 Å². The van der Waals surface area contributed by atoms with Gasteiger partial charge in [0, 0.05) is 19.5 Å². The lowest BCUT2D eigenvalue weighted by Gasteiger charge is -2.11. The molecule has 1 aliphatic rings. The number of carbonyl (C=O) groups excluding carboxylic acids is 3. The summed E-state index contributed by atoms with van der Waals surface area (Å²) in [5, 5.41) is 14.7. The van der Waals surface area contributed by atoms with Crippen LogP contribution in [0.4, 0.5) is 0 Å². The summed E-state index contributed by atoms with van der Waals surface area (Å²) in [6.07, 6.45) is 1.18. The second-order valence-electron chi connectivity index (χ2n) is 6.83. The number of imide groups is 1. The van der Waals surface area contributed by atoms with Gasteiger partial charge in [-0.2, -0.15) is 4.80 Å². The number of nitrogens with zero attached hydrogens (tertiary/aromatic N) is 5. The van der Waals surface area contributed by atoms with Crippen LogP contribution in [0.15, 0.2) is 24.3 Å². The van der Waals surface area contributed by atoms with Crippen molar-refractivity contribution in [3.63, 3.8) is 0 Å². The fourth-order valence-corrected chi connectivity index (χ4v) is 2.78. The summed E-state index contributed by atoms with van der Waals surface area (Å²) >= 11 is 0. The van der Waals surface area contributed by atoms with Crippen LogP contribution in [0.3, 0.4) is 0 Å². The Kier molecular flexibility index (Phi) is 5.58. The fraction of sp³-hybridized carbons (Fsp3) is 0.444. The number of amides is 3. The first kappa shape index (κ1) is 18.7. The van der Waals surface area contributed by atoms with Gasteiger partial charge < -0.3 is 5.32 Å². The predicted molar refractivity (Wildman–Crippen MR) is 95.8 cm³/mol. The SMILES string of the molecule is CC(C)CCNC(=O)Cn1nnc(CCN2C(=O)c3ccccc3C2=O)n1. The van der Waals surface area contributed by atoms with E-state index in [9.17, 15) is 14.4 Å². The van der Waals surface area contributed by atoms with E-state index in [1.165, 1.54) is 9.70 Å². The molecule has 1 N–H and O–H groups in total. The van der Waals surface area contributed by atoms with Crippen LogP contribution in [0.1, 0.15) is 46.8 Å². The Morgan fingerprint density at radius 3 is 2.44 bits per heavy atom. The topological polar surface area (TPSA) is 110 Å². The molecule has 0 bridgehead atoms. The molecular formula is C18H22N6O3. The van der Waals surface area contributed by atoms with E-state index >= 15 is 0 Å². The molecule has 2 heterocycles. The molecular weight excluding hydrogens is 348 g/mol. The third kappa shape index (κ3) is 4.36. The zero-order valence-electron chi connectivity index (χ0n) is 15.4. The van der Waals surface area contributed by atoms with Gasteiger partial charge in [0.25, 0.3) is 11.8 Å². The lowest BCUT2D eigenvalue weighted by atomic mass is 10.1. The van der Waals surface area contributed by atoms with Crippen molar-refractivity contribution in [2.45, 2.75) is 33.2 Å². The van der Waals surface area contributed by atoms with Gasteiger partial charge in [-0.05, 0) is 29.7 Å². The van der Waals surface area contributed by atoms with E-state index in [0.29, 0.717) is 29.4 Å². The van der Waals surface area contributed by atoms with E-state index < -0.39 is 0 Å². The maximum Gasteiger partial charge on any atom is 0.261 e. The van der Waals surface area contributed by atoms with Crippen molar-refractivity contribution < 1.29 is 14.4 Å². The summed E-state index contributed by atoms with van der Waals surface area (Å²) in [6, 6.07) is 6.74. The minimum Gasteiger partial charge on any atom is -0.354 e. The average molecular weight is 370 g/mol. The van der Waals surface area contributed by atoms with Crippen molar-refractivity contribution in [2.75, 3.05) is 13.1 Å². The van der Waals surface area contributed by atoms with Crippen molar-refractivity contribution in [3.05, 3.63) is 41.2 Å². The lowest BCUT2D eigenvalue weighted by molar-refractivity contribution is -0.122.